The van der Waals surface area contributed by atoms with Crippen molar-refractivity contribution in [3.63, 3.8) is 0 Å². The van der Waals surface area contributed by atoms with Crippen molar-refractivity contribution in [1.82, 2.24) is 5.32 Å². The van der Waals surface area contributed by atoms with Crippen LogP contribution in [0.4, 0.5) is 0 Å². The van der Waals surface area contributed by atoms with Crippen molar-refractivity contribution in [2.45, 2.75) is 37.8 Å². The Morgan fingerprint density at radius 1 is 1.23 bits per heavy atom. The van der Waals surface area contributed by atoms with Gasteiger partial charge in [-0.2, -0.15) is 0 Å². The zero-order chi connectivity index (χ0) is 15.9. The lowest BCUT2D eigenvalue weighted by molar-refractivity contribution is -0.117. The molecule has 0 aromatic heterocycles. The molecule has 5 nitrogen and oxygen atoms in total. The molecule has 5 heteroatoms. The molecule has 2 N–H and O–H groups in total. The minimum atomic E-state index is -0.218. The molecule has 1 saturated carbocycles. The number of nitrogens with one attached hydrogen (secondary N) is 1. The van der Waals surface area contributed by atoms with Gasteiger partial charge in [-0.1, -0.05) is 0 Å². The summed E-state index contributed by atoms with van der Waals surface area (Å²) in [5.74, 6) is 1.26. The first-order valence-electron chi connectivity index (χ1n) is 7.51. The fourth-order valence-electron chi connectivity index (χ4n) is 2.60. The maximum Gasteiger partial charge on any atom is 0.244 e. The van der Waals surface area contributed by atoms with Gasteiger partial charge in [0.05, 0.1) is 20.3 Å². The van der Waals surface area contributed by atoms with Crippen LogP contribution in [0.5, 0.6) is 11.5 Å². The second-order valence-corrected chi connectivity index (χ2v) is 5.46. The van der Waals surface area contributed by atoms with Gasteiger partial charge in [-0.3, -0.25) is 4.79 Å². The summed E-state index contributed by atoms with van der Waals surface area (Å²) in [7, 11) is 3.19. The number of rotatable bonds is 5. The first-order valence-corrected chi connectivity index (χ1v) is 7.51. The maximum atomic E-state index is 12.0. The van der Waals surface area contributed by atoms with Gasteiger partial charge in [0.1, 0.15) is 11.5 Å². The number of hydrogen-bond acceptors (Lipinski definition) is 4. The smallest absolute Gasteiger partial charge is 0.244 e. The lowest BCUT2D eigenvalue weighted by Crippen LogP contribution is -2.37. The highest BCUT2D eigenvalue weighted by atomic mass is 16.5. The molecule has 2 rings (SSSR count). The third kappa shape index (κ3) is 4.49. The summed E-state index contributed by atoms with van der Waals surface area (Å²) in [6.45, 7) is 0. The number of amides is 1. The lowest BCUT2D eigenvalue weighted by Gasteiger charge is -2.25. The van der Waals surface area contributed by atoms with Crippen molar-refractivity contribution >= 4 is 12.0 Å². The minimum Gasteiger partial charge on any atom is -0.497 e. The fourth-order valence-corrected chi connectivity index (χ4v) is 2.60. The summed E-state index contributed by atoms with van der Waals surface area (Å²) in [6, 6.07) is 5.58. The first kappa shape index (κ1) is 16.4. The molecular weight excluding hydrogens is 282 g/mol. The number of aliphatic hydroxyl groups is 1. The van der Waals surface area contributed by atoms with Crippen LogP contribution < -0.4 is 14.8 Å². The van der Waals surface area contributed by atoms with Crippen molar-refractivity contribution in [3.05, 3.63) is 29.8 Å². The van der Waals surface area contributed by atoms with Crippen LogP contribution in [0.15, 0.2) is 24.3 Å². The highest BCUT2D eigenvalue weighted by Gasteiger charge is 2.19. The van der Waals surface area contributed by atoms with Gasteiger partial charge in [0, 0.05) is 17.7 Å². The van der Waals surface area contributed by atoms with E-state index in [1.165, 1.54) is 6.08 Å². The molecule has 1 amide bonds. The zero-order valence-electron chi connectivity index (χ0n) is 13.0. The normalized spacial score (nSPS) is 21.6. The zero-order valence-corrected chi connectivity index (χ0v) is 13.0. The number of benzene rings is 1. The van der Waals surface area contributed by atoms with Crippen LogP contribution in [0.3, 0.4) is 0 Å². The second kappa shape index (κ2) is 7.84. The second-order valence-electron chi connectivity index (χ2n) is 5.46. The largest absolute Gasteiger partial charge is 0.497 e. The van der Waals surface area contributed by atoms with Crippen molar-refractivity contribution < 1.29 is 19.4 Å². The molecule has 0 spiro atoms. The number of aliphatic hydroxyl groups excluding tert-OH is 1. The number of carbonyl (C=O) groups is 1. The van der Waals surface area contributed by atoms with E-state index in [1.807, 2.05) is 12.1 Å². The Balaban J connectivity index is 1.97. The van der Waals surface area contributed by atoms with E-state index in [1.54, 1.807) is 26.4 Å². The van der Waals surface area contributed by atoms with E-state index in [0.29, 0.717) is 11.5 Å². The molecule has 0 radical (unpaired) electrons. The van der Waals surface area contributed by atoms with Gasteiger partial charge >= 0.3 is 0 Å². The van der Waals surface area contributed by atoms with Crippen LogP contribution in [0, 0.1) is 0 Å². The summed E-state index contributed by atoms with van der Waals surface area (Å²) < 4.78 is 10.5. The first-order chi connectivity index (χ1) is 10.6. The maximum absolute atomic E-state index is 12.0. The lowest BCUT2D eigenvalue weighted by atomic mass is 9.93. The Hall–Kier alpha value is -2.01. The predicted octanol–water partition coefficient (Wildman–Crippen LogP) is 2.14. The summed E-state index contributed by atoms with van der Waals surface area (Å²) in [4.78, 5) is 12.0. The van der Waals surface area contributed by atoms with Crippen molar-refractivity contribution in [2.24, 2.45) is 0 Å². The van der Waals surface area contributed by atoms with E-state index < -0.39 is 0 Å². The Morgan fingerprint density at radius 2 is 1.95 bits per heavy atom. The Bertz CT molecular complexity index is 533. The van der Waals surface area contributed by atoms with Gasteiger partial charge in [-0.25, -0.2) is 0 Å². The topological polar surface area (TPSA) is 67.8 Å². The Kier molecular flexibility index (Phi) is 5.83. The van der Waals surface area contributed by atoms with Crippen LogP contribution in [-0.4, -0.2) is 37.4 Å². The molecule has 0 bridgehead atoms. The average Bonchev–Trinajstić information content (AvgIpc) is 2.54. The van der Waals surface area contributed by atoms with Gasteiger partial charge in [-0.05, 0) is 50.0 Å². The molecule has 1 aromatic rings. The quantitative estimate of drug-likeness (QED) is 0.818. The molecule has 0 atom stereocenters. The molecule has 1 aliphatic rings. The molecule has 120 valence electrons. The summed E-state index contributed by atoms with van der Waals surface area (Å²) in [5.41, 5.74) is 0.788. The Labute approximate surface area is 130 Å². The number of hydrogen-bond donors (Lipinski definition) is 2. The molecule has 1 aromatic carbocycles. The SMILES string of the molecule is COc1ccc(OC)c(/C=C/C(=O)NC2CCC(O)CC2)c1. The fraction of sp³-hybridized carbons (Fsp3) is 0.471. The van der Waals surface area contributed by atoms with Crippen molar-refractivity contribution in [3.8, 4) is 11.5 Å². The molecule has 22 heavy (non-hydrogen) atoms. The van der Waals surface area contributed by atoms with Gasteiger partial charge in [0.15, 0.2) is 0 Å². The molecule has 0 aliphatic heterocycles. The summed E-state index contributed by atoms with van der Waals surface area (Å²) in [5, 5.41) is 12.4. The Morgan fingerprint density at radius 3 is 2.59 bits per heavy atom. The van der Waals surface area contributed by atoms with Crippen molar-refractivity contribution in [1.29, 1.82) is 0 Å². The van der Waals surface area contributed by atoms with Gasteiger partial charge in [-0.15, -0.1) is 0 Å². The highest BCUT2D eigenvalue weighted by Crippen LogP contribution is 2.25. The third-order valence-corrected chi connectivity index (χ3v) is 3.89. The summed E-state index contributed by atoms with van der Waals surface area (Å²) >= 11 is 0. The van der Waals surface area contributed by atoms with Crippen LogP contribution in [0.25, 0.3) is 6.08 Å². The van der Waals surface area contributed by atoms with Gasteiger partial charge in [0.25, 0.3) is 0 Å². The number of ether oxygens (including phenoxy) is 2. The number of methoxy groups -OCH3 is 2. The van der Waals surface area contributed by atoms with E-state index in [0.717, 1.165) is 31.2 Å². The van der Waals surface area contributed by atoms with Crippen LogP contribution in [-0.2, 0) is 4.79 Å². The highest BCUT2D eigenvalue weighted by molar-refractivity contribution is 5.92. The van der Waals surface area contributed by atoms with E-state index in [2.05, 4.69) is 5.32 Å². The molecule has 0 saturated heterocycles. The van der Waals surface area contributed by atoms with E-state index in [4.69, 9.17) is 9.47 Å². The molecule has 0 unspecified atom stereocenters. The monoisotopic (exact) mass is 305 g/mol. The van der Waals surface area contributed by atoms with E-state index >= 15 is 0 Å². The van der Waals surface area contributed by atoms with Crippen molar-refractivity contribution in [2.75, 3.05) is 14.2 Å². The average molecular weight is 305 g/mol. The van der Waals surface area contributed by atoms with E-state index in [9.17, 15) is 9.90 Å². The third-order valence-electron chi connectivity index (χ3n) is 3.89. The minimum absolute atomic E-state index is 0.133. The van der Waals surface area contributed by atoms with Crippen LogP contribution in [0.2, 0.25) is 0 Å². The summed E-state index contributed by atoms with van der Waals surface area (Å²) in [6.07, 6.45) is 6.14. The van der Waals surface area contributed by atoms with Crippen LogP contribution in [0.1, 0.15) is 31.2 Å². The van der Waals surface area contributed by atoms with E-state index in [-0.39, 0.29) is 18.1 Å². The molecule has 1 aliphatic carbocycles. The van der Waals surface area contributed by atoms with Gasteiger partial charge < -0.3 is 19.9 Å². The molecular formula is C17H23NO4. The molecule has 0 heterocycles. The van der Waals surface area contributed by atoms with Crippen LogP contribution >= 0.6 is 0 Å². The standard InChI is InChI=1S/C17H23NO4/c1-21-15-8-9-16(22-2)12(11-15)3-10-17(20)18-13-4-6-14(19)7-5-13/h3,8-11,13-14,19H,4-7H2,1-2H3,(H,18,20)/b10-3+. The number of carbonyl (C=O) groups excluding carboxylic acids is 1. The molecule has 1 fully saturated rings. The predicted molar refractivity (Wildman–Crippen MR) is 85.0 cm³/mol. The van der Waals surface area contributed by atoms with Gasteiger partial charge in [0.2, 0.25) is 5.91 Å².